The molecule has 0 N–H and O–H groups in total. The van der Waals surface area contributed by atoms with Gasteiger partial charge in [-0.3, -0.25) is 4.79 Å². The molecule has 4 aliphatic rings. The number of carbonyl (C=O) groups is 1. The third-order valence-electron chi connectivity index (χ3n) is 8.97. The molecule has 3 fully saturated rings. The Kier molecular flexibility index (Phi) is 7.32. The average Bonchev–Trinajstić information content (AvgIpc) is 3.73. The predicted molar refractivity (Wildman–Crippen MR) is 129 cm³/mol. The van der Waals surface area contributed by atoms with E-state index in [2.05, 4.69) is 0 Å². The summed E-state index contributed by atoms with van der Waals surface area (Å²) in [5.74, 6) is -2.31. The molecular formula is C29H35F3O4. The Labute approximate surface area is 210 Å². The highest BCUT2D eigenvalue weighted by molar-refractivity contribution is 5.75. The van der Waals surface area contributed by atoms with Crippen LogP contribution in [0, 0.1) is 29.0 Å². The molecule has 2 saturated carbocycles. The highest BCUT2D eigenvalue weighted by atomic mass is 19.2. The summed E-state index contributed by atoms with van der Waals surface area (Å²) in [6.07, 6.45) is 8.10. The lowest BCUT2D eigenvalue weighted by Crippen LogP contribution is -2.35. The van der Waals surface area contributed by atoms with Gasteiger partial charge in [-0.15, -0.1) is 0 Å². The van der Waals surface area contributed by atoms with Crippen molar-refractivity contribution in [1.29, 1.82) is 0 Å². The normalized spacial score (nSPS) is 34.8. The molecule has 0 bridgehead atoms. The van der Waals surface area contributed by atoms with Crippen molar-refractivity contribution in [3.8, 4) is 5.75 Å². The number of hydrogen-bond acceptors (Lipinski definition) is 4. The number of epoxide rings is 1. The van der Waals surface area contributed by atoms with Gasteiger partial charge in [0, 0.05) is 24.2 Å². The van der Waals surface area contributed by atoms with Gasteiger partial charge in [-0.25, -0.2) is 13.2 Å². The summed E-state index contributed by atoms with van der Waals surface area (Å²) in [5.41, 5.74) is 0.128. The van der Waals surface area contributed by atoms with E-state index in [9.17, 15) is 9.18 Å². The number of esters is 1. The smallest absolute Gasteiger partial charge is 0.314 e. The summed E-state index contributed by atoms with van der Waals surface area (Å²) >= 11 is 0. The van der Waals surface area contributed by atoms with Gasteiger partial charge in [0.25, 0.3) is 0 Å². The minimum Gasteiger partial charge on any atom is -0.426 e. The van der Waals surface area contributed by atoms with Crippen LogP contribution in [0.2, 0.25) is 0 Å². The number of rotatable bonds is 6. The van der Waals surface area contributed by atoms with Crippen LogP contribution >= 0.6 is 0 Å². The second-order valence-corrected chi connectivity index (χ2v) is 11.1. The van der Waals surface area contributed by atoms with E-state index in [-0.39, 0.29) is 35.7 Å². The Balaban J connectivity index is 1.17. The largest absolute Gasteiger partial charge is 0.426 e. The summed E-state index contributed by atoms with van der Waals surface area (Å²) in [6, 6.07) is 4.38. The molecule has 196 valence electrons. The van der Waals surface area contributed by atoms with Gasteiger partial charge in [0.15, 0.2) is 5.83 Å². The Morgan fingerprint density at radius 1 is 1.03 bits per heavy atom. The number of hydrogen-bond donors (Lipinski definition) is 0. The lowest BCUT2D eigenvalue weighted by molar-refractivity contribution is -0.140. The molecular weight excluding hydrogens is 469 g/mol. The zero-order chi connectivity index (χ0) is 25.4. The first-order chi connectivity index (χ1) is 17.3. The number of methoxy groups -OCH3 is 1. The van der Waals surface area contributed by atoms with Gasteiger partial charge in [0.1, 0.15) is 23.5 Å². The van der Waals surface area contributed by atoms with Crippen LogP contribution in [-0.2, 0) is 14.3 Å². The molecule has 36 heavy (non-hydrogen) atoms. The molecule has 5 rings (SSSR count). The van der Waals surface area contributed by atoms with Crippen LogP contribution in [0.4, 0.5) is 13.2 Å². The third kappa shape index (κ3) is 5.01. The zero-order valence-corrected chi connectivity index (χ0v) is 21.0. The average molecular weight is 505 g/mol. The lowest BCUT2D eigenvalue weighted by atomic mass is 9.64. The number of ether oxygens (including phenoxy) is 3. The molecule has 4 nitrogen and oxygen atoms in total. The number of carbonyl (C=O) groups excluding carboxylic acids is 1. The molecule has 0 spiro atoms. The van der Waals surface area contributed by atoms with Crippen molar-refractivity contribution in [2.75, 3.05) is 13.7 Å². The Bertz CT molecular complexity index is 1050. The summed E-state index contributed by atoms with van der Waals surface area (Å²) in [4.78, 5) is 12.7. The molecule has 0 amide bonds. The molecule has 1 heterocycles. The second kappa shape index (κ2) is 10.3. The molecule has 1 aliphatic heterocycles. The van der Waals surface area contributed by atoms with Crippen LogP contribution in [0.3, 0.4) is 0 Å². The van der Waals surface area contributed by atoms with Crippen molar-refractivity contribution in [2.24, 2.45) is 23.2 Å². The molecule has 3 aliphatic carbocycles. The van der Waals surface area contributed by atoms with E-state index in [1.54, 1.807) is 19.2 Å². The minimum atomic E-state index is -0.802. The fourth-order valence-corrected chi connectivity index (χ4v) is 6.41. The lowest BCUT2D eigenvalue weighted by Gasteiger charge is -2.42. The topological polar surface area (TPSA) is 48.1 Å². The maximum absolute atomic E-state index is 15.5. The number of halogens is 3. The molecule has 1 saturated heterocycles. The van der Waals surface area contributed by atoms with E-state index in [0.29, 0.717) is 49.8 Å². The second-order valence-electron chi connectivity index (χ2n) is 11.1. The van der Waals surface area contributed by atoms with E-state index in [4.69, 9.17) is 14.2 Å². The Hall–Kier alpha value is -2.12. The molecule has 1 aromatic carbocycles. The van der Waals surface area contributed by atoms with E-state index >= 15 is 8.78 Å². The standard InChI is InChI=1S/C29H35F3O4/c1-29(19-7-9-20(34-2)10-8-19)14-13-22(26(31)27(29)32)17-3-5-18(6-4-17)28(33)36-21-11-12-23(24(30)15-21)25-16-35-25/h11-13,15,17-20,25H,3-10,14,16H2,1-2H3. The quantitative estimate of drug-likeness (QED) is 0.232. The van der Waals surface area contributed by atoms with Gasteiger partial charge < -0.3 is 14.2 Å². The Morgan fingerprint density at radius 2 is 1.72 bits per heavy atom. The summed E-state index contributed by atoms with van der Waals surface area (Å²) in [7, 11) is 1.71. The predicted octanol–water partition coefficient (Wildman–Crippen LogP) is 7.30. The molecule has 0 aromatic heterocycles. The monoisotopic (exact) mass is 504 g/mol. The summed E-state index contributed by atoms with van der Waals surface area (Å²) < 4.78 is 61.0. The van der Waals surface area contributed by atoms with Crippen molar-refractivity contribution < 1.29 is 32.2 Å². The van der Waals surface area contributed by atoms with E-state index < -0.39 is 28.9 Å². The first kappa shape index (κ1) is 25.5. The van der Waals surface area contributed by atoms with E-state index in [1.807, 2.05) is 13.0 Å². The molecule has 2 unspecified atom stereocenters. The van der Waals surface area contributed by atoms with Gasteiger partial charge in [-0.05, 0) is 87.3 Å². The van der Waals surface area contributed by atoms with Crippen molar-refractivity contribution >= 4 is 5.97 Å². The highest BCUT2D eigenvalue weighted by Gasteiger charge is 2.45. The van der Waals surface area contributed by atoms with Gasteiger partial charge in [-0.1, -0.05) is 13.0 Å². The molecule has 2 atom stereocenters. The van der Waals surface area contributed by atoms with Crippen LogP contribution in [0.1, 0.15) is 76.4 Å². The SMILES string of the molecule is COC1CCC(C2(C)CC=C(C3CCC(C(=O)Oc4ccc(C5CO5)c(F)c4)CC3)C(F)=C2F)CC1. The third-order valence-corrected chi connectivity index (χ3v) is 8.97. The minimum absolute atomic E-state index is 0.105. The van der Waals surface area contributed by atoms with Gasteiger partial charge in [-0.2, -0.15) is 0 Å². The van der Waals surface area contributed by atoms with Crippen molar-refractivity contribution in [2.45, 2.75) is 76.9 Å². The first-order valence-corrected chi connectivity index (χ1v) is 13.2. The summed E-state index contributed by atoms with van der Waals surface area (Å²) in [5, 5.41) is 0. The van der Waals surface area contributed by atoms with E-state index in [1.165, 1.54) is 6.07 Å². The van der Waals surface area contributed by atoms with Crippen molar-refractivity contribution in [3.05, 3.63) is 52.9 Å². The maximum Gasteiger partial charge on any atom is 0.314 e. The molecule has 7 heteroatoms. The fraction of sp³-hybridized carbons (Fsp3) is 0.621. The first-order valence-electron chi connectivity index (χ1n) is 13.2. The Morgan fingerprint density at radius 3 is 2.33 bits per heavy atom. The highest BCUT2D eigenvalue weighted by Crippen LogP contribution is 2.53. The van der Waals surface area contributed by atoms with Crippen molar-refractivity contribution in [1.82, 2.24) is 0 Å². The molecule has 1 aromatic rings. The van der Waals surface area contributed by atoms with Gasteiger partial charge in [0.05, 0.1) is 18.6 Å². The van der Waals surface area contributed by atoms with Crippen LogP contribution in [0.25, 0.3) is 0 Å². The van der Waals surface area contributed by atoms with Crippen LogP contribution in [-0.4, -0.2) is 25.8 Å². The molecule has 0 radical (unpaired) electrons. The van der Waals surface area contributed by atoms with Crippen LogP contribution in [0.15, 0.2) is 41.5 Å². The number of allylic oxidation sites excluding steroid dienone is 4. The maximum atomic E-state index is 15.5. The summed E-state index contributed by atoms with van der Waals surface area (Å²) in [6.45, 7) is 2.36. The number of benzene rings is 1. The van der Waals surface area contributed by atoms with E-state index in [0.717, 1.165) is 25.7 Å². The van der Waals surface area contributed by atoms with Gasteiger partial charge >= 0.3 is 5.97 Å². The fourth-order valence-electron chi connectivity index (χ4n) is 6.41. The zero-order valence-electron chi connectivity index (χ0n) is 21.0. The van der Waals surface area contributed by atoms with Crippen LogP contribution < -0.4 is 4.74 Å². The van der Waals surface area contributed by atoms with Gasteiger partial charge in [0.2, 0.25) is 0 Å². The van der Waals surface area contributed by atoms with Crippen LogP contribution in [0.5, 0.6) is 5.75 Å². The van der Waals surface area contributed by atoms with Crippen molar-refractivity contribution in [3.63, 3.8) is 0 Å².